The predicted molar refractivity (Wildman–Crippen MR) is 87.5 cm³/mol. The Morgan fingerprint density at radius 3 is 1.50 bits per heavy atom. The van der Waals surface area contributed by atoms with Gasteiger partial charge < -0.3 is 10.6 Å². The Bertz CT molecular complexity index is 588. The molecule has 2 atom stereocenters. The molecule has 0 spiro atoms. The van der Waals surface area contributed by atoms with Gasteiger partial charge in [0, 0.05) is 34.6 Å². The van der Waals surface area contributed by atoms with E-state index in [1.54, 1.807) is 0 Å². The first-order valence-corrected chi connectivity index (χ1v) is 7.30. The predicted octanol–water partition coefficient (Wildman–Crippen LogP) is 4.58. The zero-order chi connectivity index (χ0) is 14.3. The molecule has 0 fully saturated rings. The van der Waals surface area contributed by atoms with Crippen molar-refractivity contribution in [1.82, 2.24) is 0 Å². The van der Waals surface area contributed by atoms with E-state index in [1.807, 2.05) is 0 Å². The highest BCUT2D eigenvalue weighted by Crippen LogP contribution is 2.40. The Morgan fingerprint density at radius 2 is 1.10 bits per heavy atom. The first-order chi connectivity index (χ1) is 9.58. The molecule has 0 bridgehead atoms. The van der Waals surface area contributed by atoms with Gasteiger partial charge in [-0.15, -0.1) is 0 Å². The summed E-state index contributed by atoms with van der Waals surface area (Å²) in [7, 11) is 0. The summed E-state index contributed by atoms with van der Waals surface area (Å²) in [4.78, 5) is 0. The van der Waals surface area contributed by atoms with Crippen LogP contribution in [0.5, 0.6) is 0 Å². The second-order valence-corrected chi connectivity index (χ2v) is 5.86. The first-order valence-electron chi connectivity index (χ1n) is 7.30. The molecule has 2 nitrogen and oxygen atoms in total. The number of hydrogen-bond donors (Lipinski definition) is 2. The second-order valence-electron chi connectivity index (χ2n) is 5.86. The van der Waals surface area contributed by atoms with Crippen LogP contribution in [0.3, 0.4) is 0 Å². The van der Waals surface area contributed by atoms with Crippen molar-refractivity contribution in [2.45, 2.75) is 39.8 Å². The average molecular weight is 266 g/mol. The molecule has 0 amide bonds. The number of aryl methyl sites for hydroxylation is 2. The summed E-state index contributed by atoms with van der Waals surface area (Å²) in [6.07, 6.45) is 0. The molecule has 0 saturated carbocycles. The van der Waals surface area contributed by atoms with E-state index in [1.165, 1.54) is 33.6 Å². The maximum absolute atomic E-state index is 3.66. The maximum Gasteiger partial charge on any atom is 0.0432 e. The Hall–Kier alpha value is -1.96. The number of nitrogens with one attached hydrogen (secondary N) is 2. The van der Waals surface area contributed by atoms with E-state index < -0.39 is 0 Å². The Kier molecular flexibility index (Phi) is 3.17. The highest BCUT2D eigenvalue weighted by molar-refractivity contribution is 5.91. The van der Waals surface area contributed by atoms with Gasteiger partial charge in [0.25, 0.3) is 0 Å². The molecule has 2 aromatic rings. The van der Waals surface area contributed by atoms with Gasteiger partial charge in [0.05, 0.1) is 0 Å². The third kappa shape index (κ3) is 2.05. The fourth-order valence-electron chi connectivity index (χ4n) is 2.98. The lowest BCUT2D eigenvalue weighted by molar-refractivity contribution is 0.676. The van der Waals surface area contributed by atoms with Gasteiger partial charge in [-0.05, 0) is 51.0 Å². The van der Waals surface area contributed by atoms with Crippen molar-refractivity contribution in [1.29, 1.82) is 0 Å². The van der Waals surface area contributed by atoms with Gasteiger partial charge in [0.2, 0.25) is 0 Å². The van der Waals surface area contributed by atoms with Crippen LogP contribution in [-0.2, 0) is 0 Å². The van der Waals surface area contributed by atoms with Crippen LogP contribution in [-0.4, -0.2) is 12.1 Å². The van der Waals surface area contributed by atoms with Gasteiger partial charge in [0.15, 0.2) is 0 Å². The Balaban J connectivity index is 2.32. The third-order valence-corrected chi connectivity index (χ3v) is 4.31. The number of hydrogen-bond acceptors (Lipinski definition) is 2. The molecule has 0 aliphatic carbocycles. The second kappa shape index (κ2) is 4.86. The molecule has 20 heavy (non-hydrogen) atoms. The Morgan fingerprint density at radius 1 is 0.700 bits per heavy atom. The van der Waals surface area contributed by atoms with Gasteiger partial charge in [-0.2, -0.15) is 0 Å². The topological polar surface area (TPSA) is 24.1 Å². The molecule has 1 aliphatic heterocycles. The molecule has 1 heterocycles. The normalized spacial score (nSPS) is 20.8. The molecule has 0 unspecified atom stereocenters. The smallest absolute Gasteiger partial charge is 0.0432 e. The molecular weight excluding hydrogens is 244 g/mol. The van der Waals surface area contributed by atoms with Crippen molar-refractivity contribution >= 4 is 11.4 Å². The number of fused-ring (bicyclic) bond motifs is 3. The number of rotatable bonds is 0. The van der Waals surface area contributed by atoms with E-state index >= 15 is 0 Å². The van der Waals surface area contributed by atoms with Crippen LogP contribution < -0.4 is 10.6 Å². The minimum Gasteiger partial charge on any atom is -0.380 e. The summed E-state index contributed by atoms with van der Waals surface area (Å²) < 4.78 is 0. The van der Waals surface area contributed by atoms with Crippen molar-refractivity contribution in [3.05, 3.63) is 47.5 Å². The van der Waals surface area contributed by atoms with Crippen molar-refractivity contribution in [2.75, 3.05) is 10.6 Å². The molecule has 104 valence electrons. The monoisotopic (exact) mass is 266 g/mol. The van der Waals surface area contributed by atoms with E-state index in [0.717, 1.165) is 0 Å². The fraction of sp³-hybridized carbons (Fsp3) is 0.333. The average Bonchev–Trinajstić information content (AvgIpc) is 2.39. The van der Waals surface area contributed by atoms with Gasteiger partial charge in [-0.3, -0.25) is 0 Å². The maximum atomic E-state index is 3.66. The van der Waals surface area contributed by atoms with Crippen LogP contribution in [0.15, 0.2) is 36.4 Å². The summed E-state index contributed by atoms with van der Waals surface area (Å²) in [5.74, 6) is 0. The van der Waals surface area contributed by atoms with Crippen molar-refractivity contribution in [2.24, 2.45) is 0 Å². The molecule has 2 aromatic carbocycles. The molecule has 2 N–H and O–H groups in total. The van der Waals surface area contributed by atoms with Crippen molar-refractivity contribution in [3.8, 4) is 11.1 Å². The zero-order valence-electron chi connectivity index (χ0n) is 12.6. The van der Waals surface area contributed by atoms with E-state index in [4.69, 9.17) is 0 Å². The first kappa shape index (κ1) is 13.0. The van der Waals surface area contributed by atoms with Crippen LogP contribution in [0.1, 0.15) is 25.0 Å². The lowest BCUT2D eigenvalue weighted by atomic mass is 9.91. The van der Waals surface area contributed by atoms with Crippen LogP contribution in [0.4, 0.5) is 11.4 Å². The van der Waals surface area contributed by atoms with Crippen LogP contribution in [0.25, 0.3) is 11.1 Å². The van der Waals surface area contributed by atoms with Crippen molar-refractivity contribution < 1.29 is 0 Å². The molecule has 1 aliphatic rings. The van der Waals surface area contributed by atoms with E-state index in [9.17, 15) is 0 Å². The van der Waals surface area contributed by atoms with Crippen LogP contribution >= 0.6 is 0 Å². The van der Waals surface area contributed by atoms with Gasteiger partial charge in [-0.1, -0.05) is 24.3 Å². The minimum absolute atomic E-state index is 0.379. The molecule has 2 heteroatoms. The fourth-order valence-corrected chi connectivity index (χ4v) is 2.98. The summed E-state index contributed by atoms with van der Waals surface area (Å²) in [5, 5.41) is 7.32. The summed E-state index contributed by atoms with van der Waals surface area (Å²) >= 11 is 0. The van der Waals surface area contributed by atoms with Gasteiger partial charge in [0.1, 0.15) is 0 Å². The molecule has 0 aromatic heterocycles. The highest BCUT2D eigenvalue weighted by Gasteiger charge is 2.22. The minimum atomic E-state index is 0.379. The highest BCUT2D eigenvalue weighted by atomic mass is 15.0. The SMILES string of the molecule is Cc1cccc2c1-c1c(C)cccc1N[C@@H](C)[C@H](C)N2. The Labute approximate surface area is 121 Å². The van der Waals surface area contributed by atoms with E-state index in [2.05, 4.69) is 74.7 Å². The standard InChI is InChI=1S/C18H22N2/c1-11-7-5-9-15-17(11)18-12(2)8-6-10-16(18)20-14(4)13(3)19-15/h5-10,13-14,19-20H,1-4H3/t13-,14-/m0/s1. The van der Waals surface area contributed by atoms with Crippen molar-refractivity contribution in [3.63, 3.8) is 0 Å². The van der Waals surface area contributed by atoms with Gasteiger partial charge in [-0.25, -0.2) is 0 Å². The summed E-state index contributed by atoms with van der Waals surface area (Å²) in [6, 6.07) is 13.8. The molecule has 3 rings (SSSR count). The molecule has 0 radical (unpaired) electrons. The zero-order valence-corrected chi connectivity index (χ0v) is 12.6. The van der Waals surface area contributed by atoms with Crippen LogP contribution in [0, 0.1) is 13.8 Å². The molecular formula is C18H22N2. The lowest BCUT2D eigenvalue weighted by Crippen LogP contribution is -2.36. The number of benzene rings is 2. The number of anilines is 2. The largest absolute Gasteiger partial charge is 0.380 e. The van der Waals surface area contributed by atoms with Crippen LogP contribution in [0.2, 0.25) is 0 Å². The van der Waals surface area contributed by atoms with Gasteiger partial charge >= 0.3 is 0 Å². The third-order valence-electron chi connectivity index (χ3n) is 4.31. The summed E-state index contributed by atoms with van der Waals surface area (Å²) in [6.45, 7) is 8.83. The lowest BCUT2D eigenvalue weighted by Gasteiger charge is -2.31. The summed E-state index contributed by atoms with van der Waals surface area (Å²) in [5.41, 5.74) is 7.75. The quantitative estimate of drug-likeness (QED) is 0.729. The van der Waals surface area contributed by atoms with E-state index in [-0.39, 0.29) is 0 Å². The van der Waals surface area contributed by atoms with E-state index in [0.29, 0.717) is 12.1 Å². The molecule has 0 saturated heterocycles.